The first-order valence-electron chi connectivity index (χ1n) is 6.43. The zero-order valence-electron chi connectivity index (χ0n) is 12.7. The standard InChI is InChI=1S/C13H30N4O/c1-12(2,14)9-10(13(3,4)15)11(18)16-7-8-17(5)6/h10H,7-9,14-15H2,1-6H3,(H,16,18). The Balaban J connectivity index is 4.53. The van der Waals surface area contributed by atoms with Crippen molar-refractivity contribution >= 4 is 5.91 Å². The molecule has 0 heterocycles. The van der Waals surface area contributed by atoms with Crippen molar-refractivity contribution in [2.24, 2.45) is 17.4 Å². The lowest BCUT2D eigenvalue weighted by atomic mass is 9.79. The van der Waals surface area contributed by atoms with Gasteiger partial charge in [0.05, 0.1) is 5.92 Å². The molecule has 0 aromatic carbocycles. The van der Waals surface area contributed by atoms with Crippen LogP contribution in [0.2, 0.25) is 0 Å². The van der Waals surface area contributed by atoms with E-state index in [0.29, 0.717) is 13.0 Å². The third-order valence-electron chi connectivity index (χ3n) is 2.80. The van der Waals surface area contributed by atoms with Crippen LogP contribution >= 0.6 is 0 Å². The Morgan fingerprint density at radius 2 is 1.72 bits per heavy atom. The Hall–Kier alpha value is -0.650. The molecule has 0 radical (unpaired) electrons. The molecule has 1 amide bonds. The Morgan fingerprint density at radius 1 is 1.22 bits per heavy atom. The predicted octanol–water partition coefficient (Wildman–Crippen LogP) is 0.145. The van der Waals surface area contributed by atoms with Gasteiger partial charge in [0, 0.05) is 24.2 Å². The molecule has 0 aliphatic heterocycles. The summed E-state index contributed by atoms with van der Waals surface area (Å²) in [5, 5.41) is 2.93. The van der Waals surface area contributed by atoms with Gasteiger partial charge in [0.1, 0.15) is 0 Å². The fourth-order valence-corrected chi connectivity index (χ4v) is 1.75. The Morgan fingerprint density at radius 3 is 2.06 bits per heavy atom. The maximum Gasteiger partial charge on any atom is 0.225 e. The molecule has 5 N–H and O–H groups in total. The third kappa shape index (κ3) is 7.63. The highest BCUT2D eigenvalue weighted by molar-refractivity contribution is 5.80. The lowest BCUT2D eigenvalue weighted by Crippen LogP contribution is -2.53. The van der Waals surface area contributed by atoms with Gasteiger partial charge in [-0.15, -0.1) is 0 Å². The molecule has 0 aromatic heterocycles. The lowest BCUT2D eigenvalue weighted by Gasteiger charge is -2.34. The highest BCUT2D eigenvalue weighted by Crippen LogP contribution is 2.23. The van der Waals surface area contributed by atoms with Crippen LogP contribution in [0.4, 0.5) is 0 Å². The van der Waals surface area contributed by atoms with Crippen molar-refractivity contribution in [3.8, 4) is 0 Å². The van der Waals surface area contributed by atoms with Gasteiger partial charge in [-0.25, -0.2) is 0 Å². The molecule has 18 heavy (non-hydrogen) atoms. The first-order chi connectivity index (χ1) is 7.93. The van der Waals surface area contributed by atoms with Crippen molar-refractivity contribution in [1.82, 2.24) is 10.2 Å². The minimum absolute atomic E-state index is 0.0112. The Labute approximate surface area is 111 Å². The van der Waals surface area contributed by atoms with Crippen LogP contribution in [0.25, 0.3) is 0 Å². The van der Waals surface area contributed by atoms with Gasteiger partial charge in [0.15, 0.2) is 0 Å². The smallest absolute Gasteiger partial charge is 0.225 e. The molecule has 0 bridgehead atoms. The van der Waals surface area contributed by atoms with Gasteiger partial charge >= 0.3 is 0 Å². The zero-order chi connectivity index (χ0) is 14.6. The number of amides is 1. The summed E-state index contributed by atoms with van der Waals surface area (Å²) in [5.74, 6) is -0.289. The van der Waals surface area contributed by atoms with Crippen LogP contribution in [0.15, 0.2) is 0 Å². The quantitative estimate of drug-likeness (QED) is 0.607. The number of likely N-dealkylation sites (N-methyl/N-ethyl adjacent to an activating group) is 1. The second-order valence-corrected chi connectivity index (χ2v) is 6.66. The fraction of sp³-hybridized carbons (Fsp3) is 0.923. The molecule has 1 atom stereocenters. The van der Waals surface area contributed by atoms with E-state index in [0.717, 1.165) is 6.54 Å². The molecule has 0 aromatic rings. The molecule has 5 heteroatoms. The van der Waals surface area contributed by atoms with E-state index in [9.17, 15) is 4.79 Å². The Bertz CT molecular complexity index is 263. The van der Waals surface area contributed by atoms with Crippen molar-refractivity contribution in [3.63, 3.8) is 0 Å². The largest absolute Gasteiger partial charge is 0.355 e. The average Bonchev–Trinajstić information content (AvgIpc) is 2.10. The summed E-state index contributed by atoms with van der Waals surface area (Å²) < 4.78 is 0. The SMILES string of the molecule is CN(C)CCNC(=O)C(CC(C)(C)N)C(C)(C)N. The van der Waals surface area contributed by atoms with Gasteiger partial charge in [0.25, 0.3) is 0 Å². The summed E-state index contributed by atoms with van der Waals surface area (Å²) in [7, 11) is 3.94. The number of nitrogens with two attached hydrogens (primary N) is 2. The molecule has 1 unspecified atom stereocenters. The van der Waals surface area contributed by atoms with Crippen LogP contribution in [0.1, 0.15) is 34.1 Å². The molecule has 0 rings (SSSR count). The highest BCUT2D eigenvalue weighted by Gasteiger charge is 2.35. The monoisotopic (exact) mass is 258 g/mol. The van der Waals surface area contributed by atoms with Crippen LogP contribution in [0.3, 0.4) is 0 Å². The summed E-state index contributed by atoms with van der Waals surface area (Å²) in [6.07, 6.45) is 0.574. The molecule has 0 saturated heterocycles. The molecule has 108 valence electrons. The van der Waals surface area contributed by atoms with Crippen molar-refractivity contribution in [3.05, 3.63) is 0 Å². The number of nitrogens with zero attached hydrogens (tertiary/aromatic N) is 1. The molecule has 0 spiro atoms. The fourth-order valence-electron chi connectivity index (χ4n) is 1.75. The minimum Gasteiger partial charge on any atom is -0.355 e. The van der Waals surface area contributed by atoms with Gasteiger partial charge in [-0.05, 0) is 48.2 Å². The number of rotatable bonds is 7. The van der Waals surface area contributed by atoms with Crippen LogP contribution < -0.4 is 16.8 Å². The Kier molecular flexibility index (Phi) is 6.26. The first kappa shape index (κ1) is 17.4. The van der Waals surface area contributed by atoms with Crippen molar-refractivity contribution in [1.29, 1.82) is 0 Å². The van der Waals surface area contributed by atoms with E-state index < -0.39 is 11.1 Å². The van der Waals surface area contributed by atoms with E-state index in [2.05, 4.69) is 5.32 Å². The van der Waals surface area contributed by atoms with Gasteiger partial charge in [-0.1, -0.05) is 0 Å². The summed E-state index contributed by atoms with van der Waals surface area (Å²) >= 11 is 0. The third-order valence-corrected chi connectivity index (χ3v) is 2.80. The maximum absolute atomic E-state index is 12.2. The van der Waals surface area contributed by atoms with Crippen LogP contribution in [-0.2, 0) is 4.79 Å². The van der Waals surface area contributed by atoms with E-state index in [1.807, 2.05) is 46.7 Å². The summed E-state index contributed by atoms with van der Waals surface area (Å²) in [6, 6.07) is 0. The number of carbonyl (C=O) groups excluding carboxylic acids is 1. The van der Waals surface area contributed by atoms with Crippen molar-refractivity contribution in [2.45, 2.75) is 45.2 Å². The number of nitrogens with one attached hydrogen (secondary N) is 1. The van der Waals surface area contributed by atoms with Crippen molar-refractivity contribution in [2.75, 3.05) is 27.2 Å². The van der Waals surface area contributed by atoms with Gasteiger partial charge < -0.3 is 21.7 Å². The maximum atomic E-state index is 12.2. The molecule has 0 aliphatic rings. The molecular weight excluding hydrogens is 228 g/mol. The first-order valence-corrected chi connectivity index (χ1v) is 6.43. The van der Waals surface area contributed by atoms with Crippen LogP contribution in [-0.4, -0.2) is 49.1 Å². The summed E-state index contributed by atoms with van der Waals surface area (Å²) in [6.45, 7) is 9.01. The average molecular weight is 258 g/mol. The van der Waals surface area contributed by atoms with Crippen molar-refractivity contribution < 1.29 is 4.79 Å². The van der Waals surface area contributed by atoms with E-state index in [1.54, 1.807) is 0 Å². The van der Waals surface area contributed by atoms with Gasteiger partial charge in [-0.3, -0.25) is 4.79 Å². The normalized spacial score (nSPS) is 14.7. The van der Waals surface area contributed by atoms with Gasteiger partial charge in [0.2, 0.25) is 5.91 Å². The lowest BCUT2D eigenvalue weighted by molar-refractivity contribution is -0.127. The second kappa shape index (κ2) is 6.50. The number of hydrogen-bond acceptors (Lipinski definition) is 4. The minimum atomic E-state index is -0.571. The van der Waals surface area contributed by atoms with E-state index in [-0.39, 0.29) is 11.8 Å². The highest BCUT2D eigenvalue weighted by atomic mass is 16.1. The molecule has 0 saturated carbocycles. The zero-order valence-corrected chi connectivity index (χ0v) is 12.7. The topological polar surface area (TPSA) is 84.4 Å². The predicted molar refractivity (Wildman–Crippen MR) is 76.2 cm³/mol. The molecular formula is C13H30N4O. The molecule has 0 aliphatic carbocycles. The summed E-state index contributed by atoms with van der Waals surface area (Å²) in [4.78, 5) is 14.2. The molecule has 0 fully saturated rings. The number of carbonyl (C=O) groups is 1. The molecule has 5 nitrogen and oxygen atoms in total. The van der Waals surface area contributed by atoms with E-state index in [4.69, 9.17) is 11.5 Å². The van der Waals surface area contributed by atoms with Crippen LogP contribution in [0, 0.1) is 5.92 Å². The van der Waals surface area contributed by atoms with Gasteiger partial charge in [-0.2, -0.15) is 0 Å². The summed E-state index contributed by atoms with van der Waals surface area (Å²) in [5.41, 5.74) is 11.1. The second-order valence-electron chi connectivity index (χ2n) is 6.66. The van der Waals surface area contributed by atoms with Crippen LogP contribution in [0.5, 0.6) is 0 Å². The van der Waals surface area contributed by atoms with E-state index >= 15 is 0 Å². The number of hydrogen-bond donors (Lipinski definition) is 3. The van der Waals surface area contributed by atoms with E-state index in [1.165, 1.54) is 0 Å².